The third-order valence-corrected chi connectivity index (χ3v) is 9.29. The zero-order valence-corrected chi connectivity index (χ0v) is 24.6. The lowest BCUT2D eigenvalue weighted by atomic mass is 9.83. The molecule has 0 saturated heterocycles. The zero-order chi connectivity index (χ0) is 29.8. The van der Waals surface area contributed by atoms with E-state index in [1.807, 2.05) is 43.3 Å². The second-order valence-corrected chi connectivity index (χ2v) is 11.8. The van der Waals surface area contributed by atoms with E-state index in [-0.39, 0.29) is 22.2 Å². The number of aromatic nitrogens is 1. The molecular formula is C34H27N3O5S. The SMILES string of the molecule is COc1cccc([C@@H]2C3=C(N=c4s/c(=C/c5ccc(-c6cc(C)c(C)c([N+](=O)[O-])c6)o5)c(=O)n42)c2ccccc2CC3)c1. The van der Waals surface area contributed by atoms with Gasteiger partial charge in [0.25, 0.3) is 11.2 Å². The summed E-state index contributed by atoms with van der Waals surface area (Å²) < 4.78 is 13.9. The van der Waals surface area contributed by atoms with Crippen molar-refractivity contribution in [3.8, 4) is 17.1 Å². The molecular weight excluding hydrogens is 562 g/mol. The van der Waals surface area contributed by atoms with E-state index in [9.17, 15) is 14.9 Å². The van der Waals surface area contributed by atoms with Crippen molar-refractivity contribution in [3.63, 3.8) is 0 Å². The molecule has 0 radical (unpaired) electrons. The number of nitro groups is 1. The lowest BCUT2D eigenvalue weighted by Gasteiger charge is -2.31. The van der Waals surface area contributed by atoms with E-state index in [2.05, 4.69) is 18.2 Å². The van der Waals surface area contributed by atoms with Crippen molar-refractivity contribution < 1.29 is 14.1 Å². The number of benzene rings is 3. The molecule has 2 aromatic heterocycles. The highest BCUT2D eigenvalue weighted by Gasteiger charge is 2.32. The highest BCUT2D eigenvalue weighted by molar-refractivity contribution is 7.07. The summed E-state index contributed by atoms with van der Waals surface area (Å²) in [6.07, 6.45) is 3.40. The smallest absolute Gasteiger partial charge is 0.273 e. The average molecular weight is 590 g/mol. The second-order valence-electron chi connectivity index (χ2n) is 10.8. The molecule has 214 valence electrons. The van der Waals surface area contributed by atoms with E-state index in [4.69, 9.17) is 14.1 Å². The van der Waals surface area contributed by atoms with Crippen LogP contribution in [-0.4, -0.2) is 16.6 Å². The number of aryl methyl sites for hydroxylation is 2. The summed E-state index contributed by atoms with van der Waals surface area (Å²) in [6, 6.07) is 22.8. The minimum absolute atomic E-state index is 0.0457. The van der Waals surface area contributed by atoms with E-state index in [1.165, 1.54) is 23.0 Å². The second kappa shape index (κ2) is 10.4. The molecule has 0 spiro atoms. The molecule has 0 unspecified atom stereocenters. The molecule has 0 fully saturated rings. The van der Waals surface area contributed by atoms with Gasteiger partial charge in [0, 0.05) is 28.8 Å². The Bertz CT molecular complexity index is 2170. The van der Waals surface area contributed by atoms with Crippen molar-refractivity contribution >= 4 is 28.8 Å². The van der Waals surface area contributed by atoms with Crippen molar-refractivity contribution in [2.45, 2.75) is 32.7 Å². The van der Waals surface area contributed by atoms with Crippen LogP contribution in [-0.2, 0) is 6.42 Å². The van der Waals surface area contributed by atoms with Gasteiger partial charge in [0.1, 0.15) is 17.3 Å². The molecule has 1 atom stereocenters. The fourth-order valence-electron chi connectivity index (χ4n) is 6.02. The maximum atomic E-state index is 14.1. The molecule has 43 heavy (non-hydrogen) atoms. The summed E-state index contributed by atoms with van der Waals surface area (Å²) >= 11 is 1.32. The number of nitrogens with zero attached hydrogens (tertiary/aromatic N) is 3. The molecule has 0 saturated carbocycles. The number of thiazole rings is 1. The monoisotopic (exact) mass is 589 g/mol. The largest absolute Gasteiger partial charge is 0.497 e. The van der Waals surface area contributed by atoms with Gasteiger partial charge >= 0.3 is 0 Å². The predicted octanol–water partition coefficient (Wildman–Crippen LogP) is 6.11. The molecule has 3 aromatic carbocycles. The van der Waals surface area contributed by atoms with Gasteiger partial charge in [-0.3, -0.25) is 19.5 Å². The summed E-state index contributed by atoms with van der Waals surface area (Å²) in [4.78, 5) is 30.9. The Morgan fingerprint density at radius 3 is 2.72 bits per heavy atom. The van der Waals surface area contributed by atoms with Crippen molar-refractivity contribution in [3.05, 3.63) is 142 Å². The molecule has 0 N–H and O–H groups in total. The Balaban J connectivity index is 1.38. The first kappa shape index (κ1) is 26.9. The summed E-state index contributed by atoms with van der Waals surface area (Å²) in [5.41, 5.74) is 7.30. The van der Waals surface area contributed by atoms with Crippen LogP contribution in [0, 0.1) is 24.0 Å². The molecule has 0 bridgehead atoms. The van der Waals surface area contributed by atoms with E-state index in [0.29, 0.717) is 32.0 Å². The first-order valence-corrected chi connectivity index (χ1v) is 14.8. The molecule has 2 aliphatic rings. The van der Waals surface area contributed by atoms with Gasteiger partial charge in [-0.25, -0.2) is 4.99 Å². The minimum Gasteiger partial charge on any atom is -0.497 e. The number of furan rings is 1. The molecule has 9 heteroatoms. The Kier molecular flexibility index (Phi) is 6.47. The lowest BCUT2D eigenvalue weighted by molar-refractivity contribution is -0.385. The van der Waals surface area contributed by atoms with E-state index in [1.54, 1.807) is 36.8 Å². The van der Waals surface area contributed by atoms with Gasteiger partial charge in [0.2, 0.25) is 0 Å². The van der Waals surface area contributed by atoms with Crippen molar-refractivity contribution in [2.24, 2.45) is 4.99 Å². The number of fused-ring (bicyclic) bond motifs is 3. The molecule has 8 nitrogen and oxygen atoms in total. The topological polar surface area (TPSA) is 99.9 Å². The summed E-state index contributed by atoms with van der Waals surface area (Å²) in [5, 5.41) is 11.6. The van der Waals surface area contributed by atoms with Crippen LogP contribution in [0.2, 0.25) is 0 Å². The Hall–Kier alpha value is -5.02. The van der Waals surface area contributed by atoms with Crippen LogP contribution in [0.15, 0.2) is 92.6 Å². The number of ether oxygens (including phenoxy) is 1. The van der Waals surface area contributed by atoms with E-state index < -0.39 is 0 Å². The van der Waals surface area contributed by atoms with Crippen LogP contribution < -0.4 is 19.6 Å². The van der Waals surface area contributed by atoms with Crippen LogP contribution in [0.25, 0.3) is 23.1 Å². The van der Waals surface area contributed by atoms with Crippen LogP contribution in [0.4, 0.5) is 5.69 Å². The average Bonchev–Trinajstić information content (AvgIpc) is 3.61. The summed E-state index contributed by atoms with van der Waals surface area (Å²) in [6.45, 7) is 3.58. The first-order chi connectivity index (χ1) is 20.8. The highest BCUT2D eigenvalue weighted by atomic mass is 32.1. The number of hydrogen-bond donors (Lipinski definition) is 0. The van der Waals surface area contributed by atoms with E-state index >= 15 is 0 Å². The predicted molar refractivity (Wildman–Crippen MR) is 166 cm³/mol. The Morgan fingerprint density at radius 2 is 1.91 bits per heavy atom. The number of hydrogen-bond acceptors (Lipinski definition) is 7. The number of nitro benzene ring substituents is 1. The molecule has 3 heterocycles. The van der Waals surface area contributed by atoms with Gasteiger partial charge in [-0.05, 0) is 79.3 Å². The van der Waals surface area contributed by atoms with Gasteiger partial charge in [-0.1, -0.05) is 47.7 Å². The minimum atomic E-state index is -0.382. The van der Waals surface area contributed by atoms with Crippen molar-refractivity contribution in [1.82, 2.24) is 4.57 Å². The van der Waals surface area contributed by atoms with Gasteiger partial charge in [0.05, 0.1) is 28.3 Å². The number of rotatable bonds is 5. The maximum absolute atomic E-state index is 14.1. The van der Waals surface area contributed by atoms with Crippen LogP contribution in [0.3, 0.4) is 0 Å². The van der Waals surface area contributed by atoms with Crippen LogP contribution in [0.1, 0.15) is 46.0 Å². The summed E-state index contributed by atoms with van der Waals surface area (Å²) in [5.74, 6) is 1.70. The lowest BCUT2D eigenvalue weighted by Crippen LogP contribution is -2.38. The normalized spacial score (nSPS) is 15.9. The first-order valence-electron chi connectivity index (χ1n) is 14.0. The third kappa shape index (κ3) is 4.53. The Morgan fingerprint density at radius 1 is 1.07 bits per heavy atom. The third-order valence-electron chi connectivity index (χ3n) is 8.30. The maximum Gasteiger partial charge on any atom is 0.273 e. The highest BCUT2D eigenvalue weighted by Crippen LogP contribution is 2.41. The zero-order valence-electron chi connectivity index (χ0n) is 23.8. The fraction of sp³-hybridized carbons (Fsp3) is 0.176. The van der Waals surface area contributed by atoms with Gasteiger partial charge in [-0.2, -0.15) is 0 Å². The van der Waals surface area contributed by atoms with Crippen molar-refractivity contribution in [2.75, 3.05) is 7.11 Å². The molecule has 1 aliphatic carbocycles. The standard InChI is InChI=1S/C34H27N3O5S/c1-19-15-23(17-28(20(19)2)37(39)40)29-14-12-25(42-29)18-30-33(38)36-32(22-8-6-9-24(16-22)41-3)27-13-11-21-7-4-5-10-26(21)31(27)35-34(36)43-30/h4-10,12,14-18,32H,11,13H2,1-3H3/b30-18+/t32-/m1/s1. The molecule has 0 amide bonds. The number of allylic oxidation sites excluding steroid dienone is 1. The van der Waals surface area contributed by atoms with Gasteiger partial charge < -0.3 is 9.15 Å². The van der Waals surface area contributed by atoms with E-state index in [0.717, 1.165) is 46.6 Å². The van der Waals surface area contributed by atoms with Crippen molar-refractivity contribution in [1.29, 1.82) is 0 Å². The fourth-order valence-corrected chi connectivity index (χ4v) is 7.00. The van der Waals surface area contributed by atoms with Crippen LogP contribution >= 0.6 is 11.3 Å². The molecule has 1 aliphatic heterocycles. The quantitative estimate of drug-likeness (QED) is 0.182. The number of methoxy groups -OCH3 is 1. The molecule has 5 aromatic rings. The molecule has 7 rings (SSSR count). The van der Waals surface area contributed by atoms with Gasteiger partial charge in [0.15, 0.2) is 4.80 Å². The van der Waals surface area contributed by atoms with Crippen LogP contribution in [0.5, 0.6) is 5.75 Å². The van der Waals surface area contributed by atoms with Gasteiger partial charge in [-0.15, -0.1) is 0 Å². The Labute approximate surface area is 250 Å². The summed E-state index contributed by atoms with van der Waals surface area (Å²) in [7, 11) is 1.64.